The Labute approximate surface area is 192 Å². The third-order valence-electron chi connectivity index (χ3n) is 5.45. The number of benzene rings is 1. The standard InChI is InChI=1S/C24H28N4O5/c1-2-32-23(30)20-12-25-24(31)27-21(20)15-28(14-19-4-3-11-33-19)13-16-5-7-17(8-6-16)22(29)26-18-9-10-18/h3-8,11,18H,2,9-10,12-15H2,1H3,(H,26,29)(H2,25,27,31). The van der Waals surface area contributed by atoms with Gasteiger partial charge in [0.1, 0.15) is 5.76 Å². The number of hydrogen-bond donors (Lipinski definition) is 3. The minimum absolute atomic E-state index is 0.0573. The van der Waals surface area contributed by atoms with Crippen molar-refractivity contribution in [3.8, 4) is 0 Å². The number of carbonyl (C=O) groups is 3. The topological polar surface area (TPSA) is 113 Å². The van der Waals surface area contributed by atoms with Gasteiger partial charge in [0.15, 0.2) is 0 Å². The predicted molar refractivity (Wildman–Crippen MR) is 120 cm³/mol. The van der Waals surface area contributed by atoms with E-state index in [2.05, 4.69) is 20.9 Å². The van der Waals surface area contributed by atoms with Gasteiger partial charge in [-0.2, -0.15) is 0 Å². The molecule has 1 aliphatic carbocycles. The van der Waals surface area contributed by atoms with Crippen molar-refractivity contribution in [1.29, 1.82) is 0 Å². The van der Waals surface area contributed by atoms with Gasteiger partial charge in [0.05, 0.1) is 31.5 Å². The summed E-state index contributed by atoms with van der Waals surface area (Å²) in [6.07, 6.45) is 3.69. The number of nitrogens with one attached hydrogen (secondary N) is 3. The van der Waals surface area contributed by atoms with Gasteiger partial charge in [-0.3, -0.25) is 9.69 Å². The van der Waals surface area contributed by atoms with E-state index in [1.165, 1.54) is 0 Å². The van der Waals surface area contributed by atoms with E-state index in [1.807, 2.05) is 36.4 Å². The van der Waals surface area contributed by atoms with E-state index >= 15 is 0 Å². The Morgan fingerprint density at radius 3 is 2.61 bits per heavy atom. The molecule has 4 rings (SSSR count). The smallest absolute Gasteiger partial charge is 0.337 e. The molecule has 1 saturated carbocycles. The minimum Gasteiger partial charge on any atom is -0.468 e. The van der Waals surface area contributed by atoms with Gasteiger partial charge in [-0.1, -0.05) is 12.1 Å². The first kappa shape index (κ1) is 22.6. The number of rotatable bonds is 10. The molecule has 0 bridgehead atoms. The second kappa shape index (κ2) is 10.4. The summed E-state index contributed by atoms with van der Waals surface area (Å²) in [4.78, 5) is 38.7. The largest absolute Gasteiger partial charge is 0.468 e. The van der Waals surface area contributed by atoms with Gasteiger partial charge in [-0.25, -0.2) is 9.59 Å². The molecular formula is C24H28N4O5. The first-order chi connectivity index (χ1) is 16.0. The average Bonchev–Trinajstić information content (AvgIpc) is 3.46. The van der Waals surface area contributed by atoms with Crippen LogP contribution in [0.25, 0.3) is 0 Å². The maximum atomic E-state index is 12.4. The Bertz CT molecular complexity index is 1030. The summed E-state index contributed by atoms with van der Waals surface area (Å²) in [6, 6.07) is 11.1. The Hall–Kier alpha value is -3.59. The molecule has 3 N–H and O–H groups in total. The molecule has 1 aromatic heterocycles. The molecule has 9 nitrogen and oxygen atoms in total. The first-order valence-corrected chi connectivity index (χ1v) is 11.1. The van der Waals surface area contributed by atoms with Crippen molar-refractivity contribution in [2.45, 2.75) is 38.9 Å². The highest BCUT2D eigenvalue weighted by atomic mass is 16.5. The molecule has 1 aromatic carbocycles. The van der Waals surface area contributed by atoms with Crippen LogP contribution in [0.3, 0.4) is 0 Å². The van der Waals surface area contributed by atoms with Crippen LogP contribution in [0.2, 0.25) is 0 Å². The van der Waals surface area contributed by atoms with Crippen molar-refractivity contribution in [2.75, 3.05) is 19.7 Å². The molecule has 1 aliphatic heterocycles. The second-order valence-electron chi connectivity index (χ2n) is 8.15. The summed E-state index contributed by atoms with van der Waals surface area (Å²) in [7, 11) is 0. The van der Waals surface area contributed by atoms with E-state index in [0.717, 1.165) is 24.2 Å². The second-order valence-corrected chi connectivity index (χ2v) is 8.15. The van der Waals surface area contributed by atoms with Crippen molar-refractivity contribution in [3.63, 3.8) is 0 Å². The fourth-order valence-corrected chi connectivity index (χ4v) is 3.61. The molecule has 2 aliphatic rings. The van der Waals surface area contributed by atoms with E-state index in [4.69, 9.17) is 9.15 Å². The van der Waals surface area contributed by atoms with Crippen LogP contribution in [-0.4, -0.2) is 48.5 Å². The van der Waals surface area contributed by atoms with Crippen LogP contribution in [-0.2, 0) is 22.6 Å². The van der Waals surface area contributed by atoms with Crippen molar-refractivity contribution in [2.24, 2.45) is 0 Å². The van der Waals surface area contributed by atoms with Crippen LogP contribution in [0.4, 0.5) is 4.79 Å². The Morgan fingerprint density at radius 2 is 1.94 bits per heavy atom. The van der Waals surface area contributed by atoms with Gasteiger partial charge in [0, 0.05) is 30.4 Å². The molecule has 174 valence electrons. The number of nitrogens with zero attached hydrogens (tertiary/aromatic N) is 1. The summed E-state index contributed by atoms with van der Waals surface area (Å²) < 4.78 is 10.7. The molecule has 0 unspecified atom stereocenters. The summed E-state index contributed by atoms with van der Waals surface area (Å²) in [5, 5.41) is 8.36. The Morgan fingerprint density at radius 1 is 1.15 bits per heavy atom. The van der Waals surface area contributed by atoms with Crippen molar-refractivity contribution in [1.82, 2.24) is 20.9 Å². The normalized spacial score (nSPS) is 15.8. The summed E-state index contributed by atoms with van der Waals surface area (Å²) >= 11 is 0. The molecule has 3 amide bonds. The van der Waals surface area contributed by atoms with Gasteiger partial charge in [-0.05, 0) is 49.6 Å². The van der Waals surface area contributed by atoms with Crippen LogP contribution in [0, 0.1) is 0 Å². The maximum absolute atomic E-state index is 12.4. The van der Waals surface area contributed by atoms with Crippen molar-refractivity contribution in [3.05, 3.63) is 70.8 Å². The molecule has 1 fully saturated rings. The van der Waals surface area contributed by atoms with Gasteiger partial charge < -0.3 is 25.1 Å². The summed E-state index contributed by atoms with van der Waals surface area (Å²) in [6.45, 7) is 3.41. The number of amides is 3. The maximum Gasteiger partial charge on any atom is 0.337 e. The van der Waals surface area contributed by atoms with Crippen molar-refractivity contribution >= 4 is 17.9 Å². The molecule has 2 heterocycles. The zero-order valence-electron chi connectivity index (χ0n) is 18.6. The lowest BCUT2D eigenvalue weighted by Gasteiger charge is -2.27. The van der Waals surface area contributed by atoms with Gasteiger partial charge >= 0.3 is 12.0 Å². The number of urea groups is 1. The number of esters is 1. The van der Waals surface area contributed by atoms with Gasteiger partial charge in [0.25, 0.3) is 5.91 Å². The molecule has 33 heavy (non-hydrogen) atoms. The lowest BCUT2D eigenvalue weighted by atomic mass is 10.1. The highest BCUT2D eigenvalue weighted by Crippen LogP contribution is 2.20. The van der Waals surface area contributed by atoms with Gasteiger partial charge in [-0.15, -0.1) is 0 Å². The zero-order valence-corrected chi connectivity index (χ0v) is 18.6. The Balaban J connectivity index is 1.51. The lowest BCUT2D eigenvalue weighted by molar-refractivity contribution is -0.138. The number of hydrogen-bond acceptors (Lipinski definition) is 6. The molecule has 0 atom stereocenters. The van der Waals surface area contributed by atoms with E-state index in [9.17, 15) is 14.4 Å². The van der Waals surface area contributed by atoms with E-state index < -0.39 is 5.97 Å². The number of ether oxygens (including phenoxy) is 1. The number of furan rings is 1. The van der Waals surface area contributed by atoms with Crippen LogP contribution in [0.1, 0.15) is 41.4 Å². The SMILES string of the molecule is CCOC(=O)C1=C(CN(Cc2ccc(C(=O)NC3CC3)cc2)Cc2ccco2)NC(=O)NC1. The fraction of sp³-hybridized carbons (Fsp3) is 0.375. The molecule has 2 aromatic rings. The number of carbonyl (C=O) groups excluding carboxylic acids is 3. The monoisotopic (exact) mass is 452 g/mol. The fourth-order valence-electron chi connectivity index (χ4n) is 3.61. The Kier molecular flexibility index (Phi) is 7.09. The van der Waals surface area contributed by atoms with Crippen LogP contribution in [0.5, 0.6) is 0 Å². The van der Waals surface area contributed by atoms with Gasteiger partial charge in [0.2, 0.25) is 0 Å². The molecule has 0 radical (unpaired) electrons. The quantitative estimate of drug-likeness (QED) is 0.477. The van der Waals surface area contributed by atoms with Crippen LogP contribution < -0.4 is 16.0 Å². The predicted octanol–water partition coefficient (Wildman–Crippen LogP) is 2.30. The third-order valence-corrected chi connectivity index (χ3v) is 5.45. The average molecular weight is 453 g/mol. The third kappa shape index (κ3) is 6.23. The van der Waals surface area contributed by atoms with E-state index in [-0.39, 0.29) is 25.1 Å². The van der Waals surface area contributed by atoms with E-state index in [1.54, 1.807) is 13.2 Å². The minimum atomic E-state index is -0.455. The summed E-state index contributed by atoms with van der Waals surface area (Å²) in [5.74, 6) is 0.246. The summed E-state index contributed by atoms with van der Waals surface area (Å²) in [5.41, 5.74) is 2.52. The molecule has 0 spiro atoms. The molecule has 9 heteroatoms. The first-order valence-electron chi connectivity index (χ1n) is 11.1. The van der Waals surface area contributed by atoms with E-state index in [0.29, 0.717) is 42.5 Å². The highest BCUT2D eigenvalue weighted by molar-refractivity contribution is 5.94. The molecular weight excluding hydrogens is 424 g/mol. The highest BCUT2D eigenvalue weighted by Gasteiger charge is 2.26. The zero-order chi connectivity index (χ0) is 23.2. The molecule has 0 saturated heterocycles. The lowest BCUT2D eigenvalue weighted by Crippen LogP contribution is -2.46. The van der Waals surface area contributed by atoms with Crippen LogP contribution in [0.15, 0.2) is 58.3 Å². The van der Waals surface area contributed by atoms with Crippen LogP contribution >= 0.6 is 0 Å². The van der Waals surface area contributed by atoms with Crippen molar-refractivity contribution < 1.29 is 23.5 Å².